The van der Waals surface area contributed by atoms with E-state index in [1.54, 1.807) is 61.7 Å². The lowest BCUT2D eigenvalue weighted by atomic mass is 10.2. The number of rotatable bonds is 4. The van der Waals surface area contributed by atoms with E-state index in [0.29, 0.717) is 22.3 Å². The van der Waals surface area contributed by atoms with Crippen LogP contribution in [0, 0.1) is 6.92 Å². The summed E-state index contributed by atoms with van der Waals surface area (Å²) in [6.07, 6.45) is 1.56. The Bertz CT molecular complexity index is 1200. The van der Waals surface area contributed by atoms with Gasteiger partial charge in [0.05, 0.1) is 11.9 Å². The number of nitrogens with zero attached hydrogens (tertiary/aromatic N) is 4. The van der Waals surface area contributed by atoms with E-state index in [4.69, 9.17) is 0 Å². The molecule has 29 heavy (non-hydrogen) atoms. The van der Waals surface area contributed by atoms with Crippen LogP contribution in [0.25, 0.3) is 11.2 Å². The van der Waals surface area contributed by atoms with Gasteiger partial charge in [-0.25, -0.2) is 9.97 Å². The Kier molecular flexibility index (Phi) is 4.90. The van der Waals surface area contributed by atoms with Gasteiger partial charge >= 0.3 is 0 Å². The summed E-state index contributed by atoms with van der Waals surface area (Å²) in [5, 5.41) is 5.38. The molecule has 2 heterocycles. The van der Waals surface area contributed by atoms with Gasteiger partial charge in [-0.1, -0.05) is 36.4 Å². The maximum absolute atomic E-state index is 12.6. The molecule has 0 spiro atoms. The molecule has 2 amide bonds. The highest BCUT2D eigenvalue weighted by Gasteiger charge is 2.16. The van der Waals surface area contributed by atoms with Gasteiger partial charge in [0.2, 0.25) is 5.95 Å². The minimum absolute atomic E-state index is 0.0212. The van der Waals surface area contributed by atoms with Crippen LogP contribution in [-0.4, -0.2) is 31.8 Å². The van der Waals surface area contributed by atoms with Gasteiger partial charge in [0, 0.05) is 11.1 Å². The Labute approximate surface area is 166 Å². The van der Waals surface area contributed by atoms with E-state index in [9.17, 15) is 9.59 Å². The third kappa shape index (κ3) is 4.06. The number of carbonyl (C=O) groups is 2. The average molecular weight is 384 g/mol. The summed E-state index contributed by atoms with van der Waals surface area (Å²) in [5.41, 5.74) is 2.18. The highest BCUT2D eigenvalue weighted by atomic mass is 16.2. The van der Waals surface area contributed by atoms with Crippen molar-refractivity contribution in [2.45, 2.75) is 6.92 Å². The van der Waals surface area contributed by atoms with Gasteiger partial charge in [-0.2, -0.15) is 9.97 Å². The SMILES string of the molecule is Cc1cnc2nc(NC(=O)c3ccccc3)nc(NC(=O)c3ccccc3)c2n1. The summed E-state index contributed by atoms with van der Waals surface area (Å²) in [7, 11) is 0. The van der Waals surface area contributed by atoms with Crippen molar-refractivity contribution in [3.05, 3.63) is 83.7 Å². The number of benzene rings is 2. The molecule has 0 unspecified atom stereocenters. The van der Waals surface area contributed by atoms with Crippen molar-refractivity contribution in [3.63, 3.8) is 0 Å². The second kappa shape index (κ2) is 7.81. The van der Waals surface area contributed by atoms with Crippen LogP contribution in [-0.2, 0) is 0 Å². The molecule has 142 valence electrons. The van der Waals surface area contributed by atoms with E-state index in [0.717, 1.165) is 0 Å². The number of aromatic nitrogens is 4. The van der Waals surface area contributed by atoms with Crippen LogP contribution < -0.4 is 10.6 Å². The van der Waals surface area contributed by atoms with Crippen LogP contribution in [0.5, 0.6) is 0 Å². The number of amides is 2. The van der Waals surface area contributed by atoms with E-state index < -0.39 is 0 Å². The van der Waals surface area contributed by atoms with Crippen LogP contribution in [0.1, 0.15) is 26.4 Å². The molecule has 8 nitrogen and oxygen atoms in total. The number of aryl methyl sites for hydroxylation is 1. The molecule has 0 saturated heterocycles. The standard InChI is InChI=1S/C21H16N6O2/c1-13-12-22-17-16(23-13)18(24-19(28)14-8-4-2-5-9-14)26-21(25-17)27-20(29)15-10-6-3-7-11-15/h2-12H,1H3,(H2,22,24,25,26,27,28,29). The maximum atomic E-state index is 12.6. The zero-order valence-electron chi connectivity index (χ0n) is 15.5. The third-order valence-electron chi connectivity index (χ3n) is 4.06. The molecule has 0 bridgehead atoms. The molecule has 0 aliphatic carbocycles. The number of anilines is 2. The fourth-order valence-electron chi connectivity index (χ4n) is 2.67. The van der Waals surface area contributed by atoms with E-state index in [1.165, 1.54) is 0 Å². The van der Waals surface area contributed by atoms with Crippen LogP contribution >= 0.6 is 0 Å². The van der Waals surface area contributed by atoms with Crippen molar-refractivity contribution in [2.75, 3.05) is 10.6 Å². The van der Waals surface area contributed by atoms with Crippen molar-refractivity contribution in [1.82, 2.24) is 19.9 Å². The lowest BCUT2D eigenvalue weighted by Gasteiger charge is -2.10. The van der Waals surface area contributed by atoms with E-state index >= 15 is 0 Å². The molecular weight excluding hydrogens is 368 g/mol. The lowest BCUT2D eigenvalue weighted by Crippen LogP contribution is -2.18. The number of fused-ring (bicyclic) bond motifs is 1. The van der Waals surface area contributed by atoms with Gasteiger partial charge in [0.15, 0.2) is 17.0 Å². The minimum atomic E-state index is -0.370. The first-order valence-corrected chi connectivity index (χ1v) is 8.84. The molecule has 0 fully saturated rings. The smallest absolute Gasteiger partial charge is 0.258 e. The Morgan fingerprint density at radius 1 is 0.759 bits per heavy atom. The maximum Gasteiger partial charge on any atom is 0.258 e. The molecule has 2 aromatic heterocycles. The largest absolute Gasteiger partial charge is 0.305 e. The van der Waals surface area contributed by atoms with Crippen molar-refractivity contribution in [1.29, 1.82) is 0 Å². The third-order valence-corrected chi connectivity index (χ3v) is 4.06. The highest BCUT2D eigenvalue weighted by Crippen LogP contribution is 2.20. The summed E-state index contributed by atoms with van der Waals surface area (Å²) in [6.45, 7) is 1.78. The molecular formula is C21H16N6O2. The molecule has 4 aromatic rings. The second-order valence-electron chi connectivity index (χ2n) is 6.22. The fraction of sp³-hybridized carbons (Fsp3) is 0.0476. The Balaban J connectivity index is 1.70. The van der Waals surface area contributed by atoms with Gasteiger partial charge in [0.25, 0.3) is 11.8 Å². The summed E-state index contributed by atoms with van der Waals surface area (Å²) in [6, 6.07) is 17.4. The van der Waals surface area contributed by atoms with Gasteiger partial charge < -0.3 is 5.32 Å². The molecule has 0 aliphatic rings. The van der Waals surface area contributed by atoms with Crippen LogP contribution in [0.2, 0.25) is 0 Å². The highest BCUT2D eigenvalue weighted by molar-refractivity contribution is 6.07. The normalized spacial score (nSPS) is 10.5. The number of carbonyl (C=O) groups excluding carboxylic acids is 2. The molecule has 0 radical (unpaired) electrons. The minimum Gasteiger partial charge on any atom is -0.305 e. The Morgan fingerprint density at radius 3 is 1.97 bits per heavy atom. The van der Waals surface area contributed by atoms with Gasteiger partial charge in [-0.05, 0) is 31.2 Å². The average Bonchev–Trinajstić information content (AvgIpc) is 2.75. The van der Waals surface area contributed by atoms with Gasteiger partial charge in [-0.3, -0.25) is 14.9 Å². The second-order valence-corrected chi connectivity index (χ2v) is 6.22. The molecule has 0 aliphatic heterocycles. The van der Waals surface area contributed by atoms with Crippen LogP contribution in [0.15, 0.2) is 66.9 Å². The van der Waals surface area contributed by atoms with E-state index in [1.807, 2.05) is 12.1 Å². The van der Waals surface area contributed by atoms with Crippen molar-refractivity contribution >= 4 is 34.7 Å². The van der Waals surface area contributed by atoms with Crippen LogP contribution in [0.4, 0.5) is 11.8 Å². The molecule has 0 saturated carbocycles. The molecule has 2 aromatic carbocycles. The summed E-state index contributed by atoms with van der Waals surface area (Å²) in [5.74, 6) is -0.532. The zero-order chi connectivity index (χ0) is 20.2. The van der Waals surface area contributed by atoms with Gasteiger partial charge in [0.1, 0.15) is 0 Å². The summed E-state index contributed by atoms with van der Waals surface area (Å²) < 4.78 is 0. The van der Waals surface area contributed by atoms with Crippen LogP contribution in [0.3, 0.4) is 0 Å². The quantitative estimate of drug-likeness (QED) is 0.559. The number of nitrogens with one attached hydrogen (secondary N) is 2. The molecule has 4 rings (SSSR count). The lowest BCUT2D eigenvalue weighted by molar-refractivity contribution is 0.101. The number of hydrogen-bond donors (Lipinski definition) is 2. The molecule has 0 atom stereocenters. The summed E-state index contributed by atoms with van der Waals surface area (Å²) >= 11 is 0. The topological polar surface area (TPSA) is 110 Å². The van der Waals surface area contributed by atoms with Crippen molar-refractivity contribution in [2.24, 2.45) is 0 Å². The molecule has 2 N–H and O–H groups in total. The zero-order valence-corrected chi connectivity index (χ0v) is 15.5. The predicted molar refractivity (Wildman–Crippen MR) is 109 cm³/mol. The predicted octanol–water partition coefficient (Wildman–Crippen LogP) is 3.23. The van der Waals surface area contributed by atoms with Gasteiger partial charge in [-0.15, -0.1) is 0 Å². The first-order valence-electron chi connectivity index (χ1n) is 8.84. The Hall–Kier alpha value is -4.20. The van der Waals surface area contributed by atoms with Crippen molar-refractivity contribution in [3.8, 4) is 0 Å². The van der Waals surface area contributed by atoms with Crippen molar-refractivity contribution < 1.29 is 9.59 Å². The monoisotopic (exact) mass is 384 g/mol. The first kappa shape index (κ1) is 18.2. The fourth-order valence-corrected chi connectivity index (χ4v) is 2.67. The first-order chi connectivity index (χ1) is 14.1. The Morgan fingerprint density at radius 2 is 1.34 bits per heavy atom. The van der Waals surface area contributed by atoms with E-state index in [-0.39, 0.29) is 29.2 Å². The van der Waals surface area contributed by atoms with E-state index in [2.05, 4.69) is 30.6 Å². The number of hydrogen-bond acceptors (Lipinski definition) is 6. The molecule has 8 heteroatoms. The summed E-state index contributed by atoms with van der Waals surface area (Å²) in [4.78, 5) is 42.2.